The van der Waals surface area contributed by atoms with Crippen molar-refractivity contribution in [3.05, 3.63) is 55.9 Å². The zero-order valence-corrected chi connectivity index (χ0v) is 16.4. The van der Waals surface area contributed by atoms with E-state index in [9.17, 15) is 14.4 Å². The maximum atomic E-state index is 12.8. The number of hydrogen-bond acceptors (Lipinski definition) is 4. The molecule has 1 fully saturated rings. The number of imide groups is 2. The lowest BCUT2D eigenvalue weighted by Gasteiger charge is -2.27. The Morgan fingerprint density at radius 3 is 2.52 bits per heavy atom. The van der Waals surface area contributed by atoms with E-state index in [2.05, 4.69) is 37.2 Å². The van der Waals surface area contributed by atoms with Crippen molar-refractivity contribution in [3.63, 3.8) is 0 Å². The zero-order valence-electron chi connectivity index (χ0n) is 13.2. The third-order valence-corrected chi connectivity index (χ3v) is 5.58. The van der Waals surface area contributed by atoms with Crippen molar-refractivity contribution in [2.75, 3.05) is 4.90 Å². The van der Waals surface area contributed by atoms with Crippen LogP contribution < -0.4 is 10.2 Å². The number of barbiturate groups is 1. The predicted molar refractivity (Wildman–Crippen MR) is 99.0 cm³/mol. The molecule has 0 atom stereocenters. The van der Waals surface area contributed by atoms with E-state index in [4.69, 9.17) is 4.42 Å². The van der Waals surface area contributed by atoms with Crippen molar-refractivity contribution in [1.29, 1.82) is 0 Å². The van der Waals surface area contributed by atoms with Gasteiger partial charge in [-0.25, -0.2) is 9.69 Å². The number of nitrogens with one attached hydrogen (secondary N) is 1. The average Bonchev–Trinajstić information content (AvgIpc) is 2.86. The summed E-state index contributed by atoms with van der Waals surface area (Å²) in [6.45, 7) is 3.69. The SMILES string of the molecule is Cc1cccc(N2C(=O)NC(=O)/C(=C\c3cc(Br)c(Br)o3)C2=O)c1C. The summed E-state index contributed by atoms with van der Waals surface area (Å²) in [7, 11) is 0. The van der Waals surface area contributed by atoms with Gasteiger partial charge in [0.25, 0.3) is 11.8 Å². The van der Waals surface area contributed by atoms with Crippen LogP contribution in [0.3, 0.4) is 0 Å². The van der Waals surface area contributed by atoms with Gasteiger partial charge < -0.3 is 4.42 Å². The van der Waals surface area contributed by atoms with Gasteiger partial charge in [0.15, 0.2) is 4.67 Å². The van der Waals surface area contributed by atoms with Crippen LogP contribution in [0.5, 0.6) is 0 Å². The van der Waals surface area contributed by atoms with Crippen LogP contribution in [-0.2, 0) is 9.59 Å². The normalized spacial score (nSPS) is 16.6. The third-order valence-electron chi connectivity index (χ3n) is 3.87. The van der Waals surface area contributed by atoms with Crippen LogP contribution in [0, 0.1) is 13.8 Å². The van der Waals surface area contributed by atoms with Crippen LogP contribution >= 0.6 is 31.9 Å². The number of benzene rings is 1. The summed E-state index contributed by atoms with van der Waals surface area (Å²) in [6, 6.07) is 6.12. The Hall–Kier alpha value is -2.19. The molecule has 2 aromatic rings. The fourth-order valence-electron chi connectivity index (χ4n) is 2.43. The maximum Gasteiger partial charge on any atom is 0.335 e. The smallest absolute Gasteiger partial charge is 0.335 e. The van der Waals surface area contributed by atoms with E-state index in [-0.39, 0.29) is 5.57 Å². The van der Waals surface area contributed by atoms with Gasteiger partial charge in [-0.3, -0.25) is 14.9 Å². The molecule has 2 heterocycles. The lowest BCUT2D eigenvalue weighted by Crippen LogP contribution is -2.54. The number of carbonyl (C=O) groups excluding carboxylic acids is 3. The number of furan rings is 1. The van der Waals surface area contributed by atoms with E-state index in [1.807, 2.05) is 19.9 Å². The summed E-state index contributed by atoms with van der Waals surface area (Å²) < 4.78 is 6.46. The minimum Gasteiger partial charge on any atom is -0.449 e. The molecule has 3 rings (SSSR count). The second-order valence-electron chi connectivity index (χ2n) is 5.45. The van der Waals surface area contributed by atoms with E-state index in [0.29, 0.717) is 20.6 Å². The van der Waals surface area contributed by atoms with Gasteiger partial charge >= 0.3 is 6.03 Å². The highest BCUT2D eigenvalue weighted by Gasteiger charge is 2.37. The lowest BCUT2D eigenvalue weighted by atomic mass is 10.0. The summed E-state index contributed by atoms with van der Waals surface area (Å²) in [5, 5.41) is 2.19. The Morgan fingerprint density at radius 1 is 1.16 bits per heavy atom. The molecular formula is C17H12Br2N2O4. The quantitative estimate of drug-likeness (QED) is 0.532. The molecule has 1 aliphatic rings. The van der Waals surface area contributed by atoms with Crippen LogP contribution in [-0.4, -0.2) is 17.8 Å². The summed E-state index contributed by atoms with van der Waals surface area (Å²) in [6.07, 6.45) is 1.30. The van der Waals surface area contributed by atoms with Crippen LogP contribution in [0.15, 0.2) is 43.4 Å². The fraction of sp³-hybridized carbons (Fsp3) is 0.118. The van der Waals surface area contributed by atoms with Gasteiger partial charge in [0, 0.05) is 0 Å². The average molecular weight is 468 g/mol. The van der Waals surface area contributed by atoms with E-state index in [1.165, 1.54) is 6.08 Å². The Morgan fingerprint density at radius 2 is 1.88 bits per heavy atom. The molecule has 4 amide bonds. The molecule has 0 spiro atoms. The third kappa shape index (κ3) is 3.19. The molecule has 0 unspecified atom stereocenters. The molecule has 1 aromatic carbocycles. The van der Waals surface area contributed by atoms with Gasteiger partial charge in [0.05, 0.1) is 10.2 Å². The van der Waals surface area contributed by atoms with Crippen molar-refractivity contribution < 1.29 is 18.8 Å². The Labute approximate surface area is 160 Å². The lowest BCUT2D eigenvalue weighted by molar-refractivity contribution is -0.122. The fourth-order valence-corrected chi connectivity index (χ4v) is 3.04. The van der Waals surface area contributed by atoms with E-state index in [0.717, 1.165) is 16.0 Å². The molecule has 6 nitrogen and oxygen atoms in total. The van der Waals surface area contributed by atoms with Crippen LogP contribution in [0.2, 0.25) is 0 Å². The van der Waals surface area contributed by atoms with Crippen molar-refractivity contribution in [2.24, 2.45) is 0 Å². The number of hydrogen-bond donors (Lipinski definition) is 1. The number of nitrogens with zero attached hydrogens (tertiary/aromatic N) is 1. The van der Waals surface area contributed by atoms with Crippen molar-refractivity contribution in [1.82, 2.24) is 5.32 Å². The van der Waals surface area contributed by atoms with E-state index < -0.39 is 17.8 Å². The van der Waals surface area contributed by atoms with E-state index >= 15 is 0 Å². The molecule has 0 saturated carbocycles. The summed E-state index contributed by atoms with van der Waals surface area (Å²) in [4.78, 5) is 38.1. The molecule has 1 aliphatic heterocycles. The minimum absolute atomic E-state index is 0.186. The van der Waals surface area contributed by atoms with Gasteiger partial charge in [-0.05, 0) is 75.0 Å². The molecule has 1 N–H and O–H groups in total. The number of urea groups is 1. The first-order valence-electron chi connectivity index (χ1n) is 7.22. The number of amides is 4. The second-order valence-corrected chi connectivity index (χ2v) is 7.02. The van der Waals surface area contributed by atoms with Crippen LogP contribution in [0.4, 0.5) is 10.5 Å². The Kier molecular flexibility index (Phi) is 4.66. The molecule has 0 radical (unpaired) electrons. The maximum absolute atomic E-state index is 12.8. The molecule has 8 heteroatoms. The Balaban J connectivity index is 2.07. The standard InChI is InChI=1S/C17H12Br2N2O4/c1-8-4-3-5-13(9(8)2)21-16(23)11(15(22)20-17(21)24)6-10-7-12(18)14(19)25-10/h3-7H,1-2H3,(H,20,22,24)/b11-6+. The van der Waals surface area contributed by atoms with Gasteiger partial charge in [0.1, 0.15) is 11.3 Å². The highest BCUT2D eigenvalue weighted by molar-refractivity contribution is 9.13. The summed E-state index contributed by atoms with van der Waals surface area (Å²) >= 11 is 6.46. The number of aryl methyl sites for hydroxylation is 1. The highest BCUT2D eigenvalue weighted by atomic mass is 79.9. The molecule has 25 heavy (non-hydrogen) atoms. The van der Waals surface area contributed by atoms with Crippen molar-refractivity contribution in [2.45, 2.75) is 13.8 Å². The molecule has 0 bridgehead atoms. The van der Waals surface area contributed by atoms with Crippen LogP contribution in [0.25, 0.3) is 6.08 Å². The molecule has 128 valence electrons. The number of halogens is 2. The molecule has 1 aromatic heterocycles. The van der Waals surface area contributed by atoms with Crippen molar-refractivity contribution in [3.8, 4) is 0 Å². The minimum atomic E-state index is -0.775. The first-order valence-corrected chi connectivity index (χ1v) is 8.80. The Bertz CT molecular complexity index is 927. The highest BCUT2D eigenvalue weighted by Crippen LogP contribution is 2.30. The first-order chi connectivity index (χ1) is 11.8. The zero-order chi connectivity index (χ0) is 18.3. The van der Waals surface area contributed by atoms with Gasteiger partial charge in [-0.15, -0.1) is 0 Å². The molecule has 1 saturated heterocycles. The number of anilines is 1. The monoisotopic (exact) mass is 466 g/mol. The largest absolute Gasteiger partial charge is 0.449 e. The van der Waals surface area contributed by atoms with E-state index in [1.54, 1.807) is 18.2 Å². The molecule has 0 aliphatic carbocycles. The predicted octanol–water partition coefficient (Wildman–Crippen LogP) is 4.09. The van der Waals surface area contributed by atoms with Gasteiger partial charge in [-0.1, -0.05) is 12.1 Å². The molecular weight excluding hydrogens is 456 g/mol. The van der Waals surface area contributed by atoms with Gasteiger partial charge in [-0.2, -0.15) is 0 Å². The topological polar surface area (TPSA) is 79.6 Å². The summed E-state index contributed by atoms with van der Waals surface area (Å²) in [5.74, 6) is -1.17. The summed E-state index contributed by atoms with van der Waals surface area (Å²) in [5.41, 5.74) is 1.96. The number of rotatable bonds is 2. The number of carbonyl (C=O) groups is 3. The second kappa shape index (κ2) is 6.61. The first kappa shape index (κ1) is 17.6. The van der Waals surface area contributed by atoms with Gasteiger partial charge in [0.2, 0.25) is 0 Å². The van der Waals surface area contributed by atoms with Crippen molar-refractivity contribution >= 4 is 61.5 Å². The van der Waals surface area contributed by atoms with Crippen LogP contribution in [0.1, 0.15) is 16.9 Å².